The molecule has 0 saturated heterocycles. The van der Waals surface area contributed by atoms with Crippen molar-refractivity contribution >= 4 is 50.7 Å². The molecule has 3 aromatic heterocycles. The molecule has 0 aliphatic rings. The number of thiophene rings is 1. The van der Waals surface area contributed by atoms with E-state index in [1.54, 1.807) is 16.3 Å². The summed E-state index contributed by atoms with van der Waals surface area (Å²) in [4.78, 5) is 12.7. The van der Waals surface area contributed by atoms with Crippen LogP contribution in [0.3, 0.4) is 0 Å². The van der Waals surface area contributed by atoms with Crippen LogP contribution in [0.15, 0.2) is 45.7 Å². The number of aromatic nitrogens is 4. The molecule has 3 heterocycles. The predicted molar refractivity (Wildman–Crippen MR) is 104 cm³/mol. The van der Waals surface area contributed by atoms with Crippen molar-refractivity contribution in [2.75, 3.05) is 0 Å². The lowest BCUT2D eigenvalue weighted by Crippen LogP contribution is -2.22. The molecule has 0 spiro atoms. The van der Waals surface area contributed by atoms with Crippen LogP contribution in [0.5, 0.6) is 0 Å². The Morgan fingerprint density at radius 3 is 2.96 bits per heavy atom. The highest BCUT2D eigenvalue weighted by molar-refractivity contribution is 7.98. The molecular weight excluding hydrogens is 376 g/mol. The lowest BCUT2D eigenvalue weighted by molar-refractivity contribution is 0.663. The Morgan fingerprint density at radius 2 is 2.16 bits per heavy atom. The molecule has 1 aromatic carbocycles. The number of thioether (sulfide) groups is 1. The van der Waals surface area contributed by atoms with Gasteiger partial charge in [0.05, 0.1) is 5.52 Å². The van der Waals surface area contributed by atoms with Gasteiger partial charge < -0.3 is 0 Å². The molecule has 8 heteroatoms. The average Bonchev–Trinajstić information content (AvgIpc) is 3.23. The van der Waals surface area contributed by atoms with E-state index < -0.39 is 0 Å². The number of rotatable bonds is 5. The van der Waals surface area contributed by atoms with Crippen molar-refractivity contribution in [2.45, 2.75) is 30.8 Å². The molecule has 0 atom stereocenters. The molecule has 128 valence electrons. The van der Waals surface area contributed by atoms with E-state index >= 15 is 0 Å². The predicted octanol–water partition coefficient (Wildman–Crippen LogP) is 4.46. The Morgan fingerprint density at radius 1 is 1.28 bits per heavy atom. The van der Waals surface area contributed by atoms with Gasteiger partial charge in [0.1, 0.15) is 4.70 Å². The maximum Gasteiger partial charge on any atom is 0.272 e. The Labute approximate surface area is 157 Å². The highest BCUT2D eigenvalue weighted by Gasteiger charge is 2.17. The summed E-state index contributed by atoms with van der Waals surface area (Å²) in [7, 11) is 0. The van der Waals surface area contributed by atoms with Crippen molar-refractivity contribution in [3.8, 4) is 0 Å². The second-order valence-corrected chi connectivity index (χ2v) is 7.92. The SMILES string of the molecule is CCCn1c(=O)c2sccc2n2c(SCc3cccc(Cl)c3)nnc12. The molecule has 0 bridgehead atoms. The summed E-state index contributed by atoms with van der Waals surface area (Å²) in [6.07, 6.45) is 0.865. The largest absolute Gasteiger partial charge is 0.276 e. The fourth-order valence-electron chi connectivity index (χ4n) is 2.79. The van der Waals surface area contributed by atoms with Crippen LogP contribution in [0, 0.1) is 0 Å². The summed E-state index contributed by atoms with van der Waals surface area (Å²) in [5.41, 5.74) is 2.01. The zero-order valence-corrected chi connectivity index (χ0v) is 15.9. The molecule has 0 saturated carbocycles. The quantitative estimate of drug-likeness (QED) is 0.472. The summed E-state index contributed by atoms with van der Waals surface area (Å²) in [6, 6.07) is 9.74. The maximum absolute atomic E-state index is 12.7. The molecular formula is C17H15ClN4OS2. The topological polar surface area (TPSA) is 52.2 Å². The Hall–Kier alpha value is -1.83. The molecule has 0 aliphatic heterocycles. The first-order chi connectivity index (χ1) is 12.2. The zero-order chi connectivity index (χ0) is 17.4. The van der Waals surface area contributed by atoms with Crippen molar-refractivity contribution in [1.82, 2.24) is 19.2 Å². The summed E-state index contributed by atoms with van der Waals surface area (Å²) in [5, 5.41) is 12.1. The van der Waals surface area contributed by atoms with E-state index in [2.05, 4.69) is 10.2 Å². The monoisotopic (exact) mass is 390 g/mol. The van der Waals surface area contributed by atoms with Crippen LogP contribution in [-0.2, 0) is 12.3 Å². The minimum Gasteiger partial charge on any atom is -0.276 e. The number of fused-ring (bicyclic) bond motifs is 3. The first kappa shape index (κ1) is 16.6. The molecule has 0 unspecified atom stereocenters. The average molecular weight is 391 g/mol. The number of aryl methyl sites for hydroxylation is 1. The Balaban J connectivity index is 1.81. The molecule has 25 heavy (non-hydrogen) atoms. The highest BCUT2D eigenvalue weighted by Crippen LogP contribution is 2.27. The molecule has 0 radical (unpaired) electrons. The lowest BCUT2D eigenvalue weighted by Gasteiger charge is -2.08. The van der Waals surface area contributed by atoms with E-state index in [0.29, 0.717) is 12.3 Å². The molecule has 4 aromatic rings. The van der Waals surface area contributed by atoms with Crippen molar-refractivity contribution in [1.29, 1.82) is 0 Å². The van der Waals surface area contributed by atoms with Crippen molar-refractivity contribution in [3.63, 3.8) is 0 Å². The summed E-state index contributed by atoms with van der Waals surface area (Å²) >= 11 is 9.11. The molecule has 0 aliphatic carbocycles. The van der Waals surface area contributed by atoms with Gasteiger partial charge in [0.15, 0.2) is 5.16 Å². The second kappa shape index (κ2) is 6.82. The Kier molecular flexibility index (Phi) is 4.54. The molecule has 0 fully saturated rings. The van der Waals surface area contributed by atoms with E-state index in [4.69, 9.17) is 11.6 Å². The normalized spacial score (nSPS) is 11.6. The molecule has 4 rings (SSSR count). The second-order valence-electron chi connectivity index (χ2n) is 5.63. The van der Waals surface area contributed by atoms with Crippen LogP contribution >= 0.6 is 34.7 Å². The number of hydrogen-bond acceptors (Lipinski definition) is 5. The first-order valence-corrected chi connectivity index (χ1v) is 10.2. The van der Waals surface area contributed by atoms with Crippen LogP contribution < -0.4 is 5.56 Å². The minimum atomic E-state index is 0.0122. The summed E-state index contributed by atoms with van der Waals surface area (Å²) in [6.45, 7) is 2.68. The van der Waals surface area contributed by atoms with Gasteiger partial charge in [0.2, 0.25) is 5.78 Å². The van der Waals surface area contributed by atoms with Gasteiger partial charge in [-0.2, -0.15) is 0 Å². The number of nitrogens with zero attached hydrogens (tertiary/aromatic N) is 4. The van der Waals surface area contributed by atoms with Crippen molar-refractivity contribution < 1.29 is 0 Å². The highest BCUT2D eigenvalue weighted by atomic mass is 35.5. The van der Waals surface area contributed by atoms with Crippen LogP contribution in [0.2, 0.25) is 5.02 Å². The van der Waals surface area contributed by atoms with Crippen LogP contribution in [0.1, 0.15) is 18.9 Å². The lowest BCUT2D eigenvalue weighted by atomic mass is 10.2. The van der Waals surface area contributed by atoms with Crippen molar-refractivity contribution in [2.24, 2.45) is 0 Å². The van der Waals surface area contributed by atoms with Gasteiger partial charge in [-0.25, -0.2) is 0 Å². The van der Waals surface area contributed by atoms with Gasteiger partial charge >= 0.3 is 0 Å². The smallest absolute Gasteiger partial charge is 0.272 e. The minimum absolute atomic E-state index is 0.0122. The molecule has 0 N–H and O–H groups in total. The van der Waals surface area contributed by atoms with Crippen LogP contribution in [-0.4, -0.2) is 19.2 Å². The van der Waals surface area contributed by atoms with Gasteiger partial charge in [-0.05, 0) is 35.6 Å². The fourth-order valence-corrected chi connectivity index (χ4v) is 4.71. The third-order valence-electron chi connectivity index (χ3n) is 3.89. The number of hydrogen-bond donors (Lipinski definition) is 0. The van der Waals surface area contributed by atoms with Gasteiger partial charge in [-0.3, -0.25) is 13.8 Å². The summed E-state index contributed by atoms with van der Waals surface area (Å²) < 4.78 is 4.44. The third kappa shape index (κ3) is 2.96. The van der Waals surface area contributed by atoms with E-state index in [9.17, 15) is 4.79 Å². The fraction of sp³-hybridized carbons (Fsp3) is 0.235. The number of halogens is 1. The van der Waals surface area contributed by atoms with Gasteiger partial charge in [0.25, 0.3) is 5.56 Å². The van der Waals surface area contributed by atoms with Crippen molar-refractivity contribution in [3.05, 3.63) is 56.7 Å². The number of benzene rings is 1. The Bertz CT molecular complexity index is 1110. The van der Waals surface area contributed by atoms with Gasteiger partial charge in [0, 0.05) is 17.3 Å². The standard InChI is InChI=1S/C17H15ClN4OS2/c1-2-7-21-15(23)14-13(6-8-24-14)22-16(21)19-20-17(22)25-10-11-4-3-5-12(18)9-11/h3-6,8-9H,2,7,10H2,1H3. The first-order valence-electron chi connectivity index (χ1n) is 7.91. The van der Waals surface area contributed by atoms with E-state index in [0.717, 1.165) is 38.1 Å². The zero-order valence-electron chi connectivity index (χ0n) is 13.5. The maximum atomic E-state index is 12.7. The van der Waals surface area contributed by atoms with Crippen LogP contribution in [0.4, 0.5) is 0 Å². The van der Waals surface area contributed by atoms with E-state index in [-0.39, 0.29) is 5.56 Å². The van der Waals surface area contributed by atoms with Crippen LogP contribution in [0.25, 0.3) is 16.0 Å². The molecule has 5 nitrogen and oxygen atoms in total. The van der Waals surface area contributed by atoms with E-state index in [1.165, 1.54) is 11.3 Å². The molecule has 0 amide bonds. The summed E-state index contributed by atoms with van der Waals surface area (Å²) in [5.74, 6) is 1.34. The van der Waals surface area contributed by atoms with Gasteiger partial charge in [-0.15, -0.1) is 21.5 Å². The third-order valence-corrected chi connectivity index (χ3v) is 6.01. The van der Waals surface area contributed by atoms with Gasteiger partial charge in [-0.1, -0.05) is 42.4 Å². The van der Waals surface area contributed by atoms with E-state index in [1.807, 2.05) is 47.0 Å².